The van der Waals surface area contributed by atoms with Crippen LogP contribution in [0.5, 0.6) is 0 Å². The van der Waals surface area contributed by atoms with E-state index < -0.39 is 23.4 Å². The van der Waals surface area contributed by atoms with E-state index in [2.05, 4.69) is 4.99 Å². The fraction of sp³-hybridized carbons (Fsp3) is 0.263. The first-order valence-electron chi connectivity index (χ1n) is 8.82. The molecule has 10 nitrogen and oxygen atoms in total. The van der Waals surface area contributed by atoms with Crippen molar-refractivity contribution in [3.8, 4) is 0 Å². The SMILES string of the molecule is NC(N)=NCCC[C@H](N)C(=O)O.O=C(O)c1cn2c3c(cccc3c1=O)C=CC2. The van der Waals surface area contributed by atoms with E-state index in [9.17, 15) is 14.4 Å². The number of aliphatic imine (C=N–C) groups is 1. The zero-order valence-corrected chi connectivity index (χ0v) is 15.6. The summed E-state index contributed by atoms with van der Waals surface area (Å²) in [5.41, 5.74) is 16.5. The molecule has 8 N–H and O–H groups in total. The highest BCUT2D eigenvalue weighted by atomic mass is 16.4. The minimum atomic E-state index is -1.18. The number of hydrogen-bond donors (Lipinski definition) is 5. The zero-order chi connectivity index (χ0) is 21.6. The lowest BCUT2D eigenvalue weighted by atomic mass is 10.0. The zero-order valence-electron chi connectivity index (χ0n) is 15.6. The summed E-state index contributed by atoms with van der Waals surface area (Å²) >= 11 is 0. The molecule has 0 fully saturated rings. The highest BCUT2D eigenvalue weighted by Gasteiger charge is 2.16. The minimum absolute atomic E-state index is 0.0129. The van der Waals surface area contributed by atoms with Crippen molar-refractivity contribution in [2.75, 3.05) is 6.54 Å². The Bertz CT molecular complexity index is 1040. The number of hydrogen-bond acceptors (Lipinski definition) is 5. The fourth-order valence-electron chi connectivity index (χ4n) is 2.86. The van der Waals surface area contributed by atoms with Gasteiger partial charge in [-0.1, -0.05) is 24.3 Å². The molecule has 0 saturated heterocycles. The van der Waals surface area contributed by atoms with E-state index in [0.29, 0.717) is 31.3 Å². The van der Waals surface area contributed by atoms with Gasteiger partial charge in [0.15, 0.2) is 5.96 Å². The summed E-state index contributed by atoms with van der Waals surface area (Å²) in [7, 11) is 0. The normalized spacial score (nSPS) is 12.6. The summed E-state index contributed by atoms with van der Waals surface area (Å²) in [4.78, 5) is 36.9. The Labute approximate surface area is 165 Å². The summed E-state index contributed by atoms with van der Waals surface area (Å²) in [6, 6.07) is 4.53. The molecule has 0 aliphatic carbocycles. The lowest BCUT2D eigenvalue weighted by molar-refractivity contribution is -0.138. The number of nitrogens with two attached hydrogens (primary N) is 3. The van der Waals surface area contributed by atoms with Gasteiger partial charge >= 0.3 is 11.9 Å². The molecule has 0 amide bonds. The molecular formula is C19H23N5O5. The van der Waals surface area contributed by atoms with Crippen LogP contribution in [0.25, 0.3) is 17.0 Å². The van der Waals surface area contributed by atoms with Crippen LogP contribution < -0.4 is 22.6 Å². The Morgan fingerprint density at radius 1 is 1.24 bits per heavy atom. The summed E-state index contributed by atoms with van der Waals surface area (Å²) in [6.07, 6.45) is 6.26. The van der Waals surface area contributed by atoms with Gasteiger partial charge in [-0.3, -0.25) is 14.6 Å². The van der Waals surface area contributed by atoms with Gasteiger partial charge in [0.05, 0.1) is 5.52 Å². The molecule has 0 spiro atoms. The predicted molar refractivity (Wildman–Crippen MR) is 110 cm³/mol. The summed E-state index contributed by atoms with van der Waals surface area (Å²) < 4.78 is 1.80. The molecule has 1 aromatic carbocycles. The highest BCUT2D eigenvalue weighted by Crippen LogP contribution is 2.22. The number of aliphatic carboxylic acids is 1. The van der Waals surface area contributed by atoms with Crippen molar-refractivity contribution in [1.82, 2.24) is 4.57 Å². The molecule has 0 radical (unpaired) electrons. The summed E-state index contributed by atoms with van der Waals surface area (Å²) in [5, 5.41) is 17.8. The number of aromatic nitrogens is 1. The molecule has 2 aromatic rings. The average Bonchev–Trinajstić information content (AvgIpc) is 2.68. The van der Waals surface area contributed by atoms with Crippen LogP contribution in [0, 0.1) is 0 Å². The van der Waals surface area contributed by atoms with Crippen LogP contribution in [0.15, 0.2) is 40.3 Å². The maximum Gasteiger partial charge on any atom is 0.341 e. The van der Waals surface area contributed by atoms with E-state index in [-0.39, 0.29) is 11.5 Å². The Balaban J connectivity index is 0.000000223. The second-order valence-electron chi connectivity index (χ2n) is 6.37. The molecule has 10 heteroatoms. The van der Waals surface area contributed by atoms with Crippen LogP contribution in [0.4, 0.5) is 0 Å². The Morgan fingerprint density at radius 3 is 2.59 bits per heavy atom. The fourth-order valence-corrected chi connectivity index (χ4v) is 2.86. The van der Waals surface area contributed by atoms with Gasteiger partial charge in [0, 0.05) is 24.7 Å². The molecule has 1 aliphatic rings. The summed E-state index contributed by atoms with van der Waals surface area (Å²) in [5.74, 6) is -2.17. The lowest BCUT2D eigenvalue weighted by Gasteiger charge is -2.15. The molecule has 154 valence electrons. The Kier molecular flexibility index (Phi) is 7.10. The van der Waals surface area contributed by atoms with Crippen molar-refractivity contribution in [3.05, 3.63) is 51.8 Å². The first kappa shape index (κ1) is 21.6. The first-order valence-corrected chi connectivity index (χ1v) is 8.82. The van der Waals surface area contributed by atoms with E-state index in [0.717, 1.165) is 11.1 Å². The second kappa shape index (κ2) is 9.51. The second-order valence-corrected chi connectivity index (χ2v) is 6.37. The van der Waals surface area contributed by atoms with Crippen molar-refractivity contribution >= 4 is 34.9 Å². The molecule has 1 aromatic heterocycles. The number of allylic oxidation sites excluding steroid dienone is 1. The van der Waals surface area contributed by atoms with Crippen LogP contribution in [-0.2, 0) is 11.3 Å². The maximum atomic E-state index is 12.0. The number of pyridine rings is 1. The number of carboxylic acid groups (broad SMARTS) is 2. The first-order chi connectivity index (χ1) is 13.7. The Hall–Kier alpha value is -3.66. The number of benzene rings is 1. The van der Waals surface area contributed by atoms with Crippen LogP contribution in [-0.4, -0.2) is 45.3 Å². The summed E-state index contributed by atoms with van der Waals surface area (Å²) in [6.45, 7) is 1.01. The van der Waals surface area contributed by atoms with Crippen molar-refractivity contribution in [2.45, 2.75) is 25.4 Å². The van der Waals surface area contributed by atoms with Gasteiger partial charge in [-0.15, -0.1) is 0 Å². The standard InChI is InChI=1S/C13H9NO3.C6H14N4O2/c15-12-9-5-1-3-8-4-2-6-14(11(8)9)7-10(12)13(16)17;7-4(5(11)12)2-1-3-10-6(8)9/h1-5,7H,6H2,(H,16,17);4H,1-3,7H2,(H,11,12)(H4,8,9,10)/t;4-/m.0/s1. The molecule has 3 rings (SSSR count). The third-order valence-electron chi connectivity index (χ3n) is 4.24. The molecule has 2 heterocycles. The molecule has 29 heavy (non-hydrogen) atoms. The number of guanidine groups is 1. The molecule has 1 aliphatic heterocycles. The van der Waals surface area contributed by atoms with Gasteiger partial charge in [0.2, 0.25) is 5.43 Å². The van der Waals surface area contributed by atoms with Gasteiger partial charge in [0.25, 0.3) is 0 Å². The number of nitrogens with zero attached hydrogens (tertiary/aromatic N) is 2. The average molecular weight is 401 g/mol. The topological polar surface area (TPSA) is 187 Å². The van der Waals surface area contributed by atoms with Crippen molar-refractivity contribution in [1.29, 1.82) is 0 Å². The predicted octanol–water partition coefficient (Wildman–Crippen LogP) is 0.178. The number of rotatable bonds is 6. The van der Waals surface area contributed by atoms with Crippen LogP contribution in [0.2, 0.25) is 0 Å². The van der Waals surface area contributed by atoms with Gasteiger partial charge in [-0.2, -0.15) is 0 Å². The number of para-hydroxylation sites is 1. The largest absolute Gasteiger partial charge is 0.480 e. The Morgan fingerprint density at radius 2 is 1.97 bits per heavy atom. The molecule has 0 unspecified atom stereocenters. The van der Waals surface area contributed by atoms with Crippen LogP contribution in [0.1, 0.15) is 28.8 Å². The van der Waals surface area contributed by atoms with E-state index in [1.807, 2.05) is 18.2 Å². The smallest absolute Gasteiger partial charge is 0.341 e. The maximum absolute atomic E-state index is 12.0. The number of carbonyl (C=O) groups is 2. The number of aromatic carboxylic acids is 1. The van der Waals surface area contributed by atoms with E-state index in [1.54, 1.807) is 16.7 Å². The van der Waals surface area contributed by atoms with Gasteiger partial charge in [-0.25, -0.2) is 4.79 Å². The minimum Gasteiger partial charge on any atom is -0.480 e. The van der Waals surface area contributed by atoms with Crippen molar-refractivity contribution in [2.24, 2.45) is 22.2 Å². The van der Waals surface area contributed by atoms with Crippen molar-refractivity contribution in [3.63, 3.8) is 0 Å². The van der Waals surface area contributed by atoms with E-state index in [4.69, 9.17) is 27.4 Å². The molecule has 0 bridgehead atoms. The third kappa shape index (κ3) is 5.42. The highest BCUT2D eigenvalue weighted by molar-refractivity contribution is 5.95. The monoisotopic (exact) mass is 401 g/mol. The molecular weight excluding hydrogens is 378 g/mol. The van der Waals surface area contributed by atoms with E-state index >= 15 is 0 Å². The van der Waals surface area contributed by atoms with Crippen LogP contribution in [0.3, 0.4) is 0 Å². The third-order valence-corrected chi connectivity index (χ3v) is 4.24. The van der Waals surface area contributed by atoms with Gasteiger partial charge < -0.3 is 32.0 Å². The lowest BCUT2D eigenvalue weighted by Crippen LogP contribution is -2.30. The van der Waals surface area contributed by atoms with Gasteiger partial charge in [-0.05, 0) is 24.5 Å². The number of carboxylic acids is 2. The van der Waals surface area contributed by atoms with E-state index in [1.165, 1.54) is 6.20 Å². The van der Waals surface area contributed by atoms with Gasteiger partial charge in [0.1, 0.15) is 11.6 Å². The van der Waals surface area contributed by atoms with Crippen LogP contribution >= 0.6 is 0 Å². The molecule has 1 atom stereocenters. The molecule has 0 saturated carbocycles. The quantitative estimate of drug-likeness (QED) is 0.257. The van der Waals surface area contributed by atoms with Crippen molar-refractivity contribution < 1.29 is 19.8 Å².